The lowest BCUT2D eigenvalue weighted by molar-refractivity contribution is -0.154. The summed E-state index contributed by atoms with van der Waals surface area (Å²) < 4.78 is 5.27. The number of aromatic nitrogens is 1. The highest BCUT2D eigenvalue weighted by molar-refractivity contribution is 5.97. The summed E-state index contributed by atoms with van der Waals surface area (Å²) in [5.41, 5.74) is 1.97. The Morgan fingerprint density at radius 1 is 1.33 bits per heavy atom. The van der Waals surface area contributed by atoms with Gasteiger partial charge in [-0.05, 0) is 30.2 Å². The zero-order valence-electron chi connectivity index (χ0n) is 13.4. The molecule has 3 rings (SSSR count). The van der Waals surface area contributed by atoms with Gasteiger partial charge in [-0.1, -0.05) is 30.3 Å². The first kappa shape index (κ1) is 16.1. The Kier molecular flexibility index (Phi) is 4.86. The highest BCUT2D eigenvalue weighted by Gasteiger charge is 2.34. The summed E-state index contributed by atoms with van der Waals surface area (Å²) in [6.07, 6.45) is 1.63. The third-order valence-corrected chi connectivity index (χ3v) is 3.86. The number of nitrogens with one attached hydrogen (secondary N) is 1. The third kappa shape index (κ3) is 3.78. The van der Waals surface area contributed by atoms with E-state index in [0.717, 1.165) is 11.1 Å². The molecule has 2 amide bonds. The van der Waals surface area contributed by atoms with Gasteiger partial charge in [-0.25, -0.2) is 4.98 Å². The van der Waals surface area contributed by atoms with Gasteiger partial charge in [0.2, 0.25) is 5.91 Å². The SMILES string of the molecule is Cc1ccnc(NC(=O)[C@@H]2COCC(=O)N2Cc2ccccc2)c1. The van der Waals surface area contributed by atoms with Crippen LogP contribution in [0.1, 0.15) is 11.1 Å². The van der Waals surface area contributed by atoms with Crippen molar-refractivity contribution in [3.8, 4) is 0 Å². The number of pyridine rings is 1. The van der Waals surface area contributed by atoms with Crippen molar-refractivity contribution in [1.82, 2.24) is 9.88 Å². The van der Waals surface area contributed by atoms with Gasteiger partial charge < -0.3 is 15.0 Å². The standard InChI is InChI=1S/C18H19N3O3/c1-13-7-8-19-16(9-13)20-18(23)15-11-24-12-17(22)21(15)10-14-5-3-2-4-6-14/h2-9,15H,10-12H2,1H3,(H,19,20,23)/t15-/m0/s1. The molecule has 124 valence electrons. The largest absolute Gasteiger partial charge is 0.369 e. The van der Waals surface area contributed by atoms with Gasteiger partial charge in [0.1, 0.15) is 18.5 Å². The minimum absolute atomic E-state index is 0.000686. The van der Waals surface area contributed by atoms with Crippen LogP contribution in [0.15, 0.2) is 48.7 Å². The van der Waals surface area contributed by atoms with Crippen molar-refractivity contribution in [2.45, 2.75) is 19.5 Å². The van der Waals surface area contributed by atoms with Crippen LogP contribution in [0.3, 0.4) is 0 Å². The molecular formula is C18H19N3O3. The van der Waals surface area contributed by atoms with E-state index in [4.69, 9.17) is 4.74 Å². The van der Waals surface area contributed by atoms with Crippen molar-refractivity contribution in [2.24, 2.45) is 0 Å². The Bertz CT molecular complexity index is 733. The van der Waals surface area contributed by atoms with E-state index in [2.05, 4.69) is 10.3 Å². The molecule has 1 aromatic heterocycles. The molecule has 1 fully saturated rings. The molecule has 1 aromatic carbocycles. The summed E-state index contributed by atoms with van der Waals surface area (Å²) in [6.45, 7) is 2.48. The van der Waals surface area contributed by atoms with Gasteiger partial charge in [-0.2, -0.15) is 0 Å². The number of ether oxygens (including phenoxy) is 1. The van der Waals surface area contributed by atoms with E-state index >= 15 is 0 Å². The van der Waals surface area contributed by atoms with Crippen LogP contribution in [-0.2, 0) is 20.9 Å². The van der Waals surface area contributed by atoms with Crippen LogP contribution in [0.5, 0.6) is 0 Å². The number of carbonyl (C=O) groups is 2. The number of anilines is 1. The maximum absolute atomic E-state index is 12.6. The van der Waals surface area contributed by atoms with Crippen molar-refractivity contribution in [3.63, 3.8) is 0 Å². The minimum Gasteiger partial charge on any atom is -0.369 e. The summed E-state index contributed by atoms with van der Waals surface area (Å²) in [5.74, 6) is -0.0165. The summed E-state index contributed by atoms with van der Waals surface area (Å²) >= 11 is 0. The second-order valence-corrected chi connectivity index (χ2v) is 5.75. The quantitative estimate of drug-likeness (QED) is 0.930. The molecular weight excluding hydrogens is 306 g/mol. The predicted molar refractivity (Wildman–Crippen MR) is 89.2 cm³/mol. The zero-order valence-corrected chi connectivity index (χ0v) is 13.4. The summed E-state index contributed by atoms with van der Waals surface area (Å²) in [7, 11) is 0. The van der Waals surface area contributed by atoms with Gasteiger partial charge in [0.05, 0.1) is 6.61 Å². The Hall–Kier alpha value is -2.73. The van der Waals surface area contributed by atoms with Crippen molar-refractivity contribution < 1.29 is 14.3 Å². The summed E-state index contributed by atoms with van der Waals surface area (Å²) in [5, 5.41) is 2.76. The highest BCUT2D eigenvalue weighted by atomic mass is 16.5. The molecule has 0 unspecified atom stereocenters. The molecule has 0 aliphatic carbocycles. The van der Waals surface area contributed by atoms with E-state index in [1.54, 1.807) is 17.2 Å². The van der Waals surface area contributed by atoms with Crippen molar-refractivity contribution in [2.75, 3.05) is 18.5 Å². The van der Waals surface area contributed by atoms with Crippen LogP contribution in [0.4, 0.5) is 5.82 Å². The number of aryl methyl sites for hydroxylation is 1. The average molecular weight is 325 g/mol. The number of nitrogens with zero attached hydrogens (tertiary/aromatic N) is 2. The summed E-state index contributed by atoms with van der Waals surface area (Å²) in [4.78, 5) is 30.5. The van der Waals surface area contributed by atoms with Crippen LogP contribution in [0, 0.1) is 6.92 Å². The number of rotatable bonds is 4. The molecule has 1 saturated heterocycles. The van der Waals surface area contributed by atoms with E-state index in [1.165, 1.54) is 0 Å². The topological polar surface area (TPSA) is 71.5 Å². The maximum atomic E-state index is 12.6. The number of hydrogen-bond donors (Lipinski definition) is 1. The van der Waals surface area contributed by atoms with Crippen molar-refractivity contribution >= 4 is 17.6 Å². The van der Waals surface area contributed by atoms with Gasteiger partial charge in [0, 0.05) is 12.7 Å². The molecule has 1 aliphatic heterocycles. The van der Waals surface area contributed by atoms with Gasteiger partial charge >= 0.3 is 0 Å². The fourth-order valence-corrected chi connectivity index (χ4v) is 2.61. The monoisotopic (exact) mass is 325 g/mol. The van der Waals surface area contributed by atoms with E-state index in [1.807, 2.05) is 43.3 Å². The average Bonchev–Trinajstić information content (AvgIpc) is 2.57. The van der Waals surface area contributed by atoms with Crippen LogP contribution in [-0.4, -0.2) is 41.0 Å². The van der Waals surface area contributed by atoms with Gasteiger partial charge in [0.25, 0.3) is 5.91 Å². The first-order chi connectivity index (χ1) is 11.6. The Morgan fingerprint density at radius 2 is 2.12 bits per heavy atom. The molecule has 1 N–H and O–H groups in total. The number of benzene rings is 1. The van der Waals surface area contributed by atoms with E-state index < -0.39 is 6.04 Å². The number of amides is 2. The summed E-state index contributed by atoms with van der Waals surface area (Å²) in [6, 6.07) is 12.6. The fraction of sp³-hybridized carbons (Fsp3) is 0.278. The predicted octanol–water partition coefficient (Wildman–Crippen LogP) is 1.76. The second-order valence-electron chi connectivity index (χ2n) is 5.75. The molecule has 0 radical (unpaired) electrons. The van der Waals surface area contributed by atoms with E-state index in [0.29, 0.717) is 12.4 Å². The van der Waals surface area contributed by atoms with Crippen molar-refractivity contribution in [1.29, 1.82) is 0 Å². The van der Waals surface area contributed by atoms with Crippen LogP contribution in [0.2, 0.25) is 0 Å². The maximum Gasteiger partial charge on any atom is 0.250 e. The lowest BCUT2D eigenvalue weighted by Gasteiger charge is -2.34. The molecule has 6 heteroatoms. The van der Waals surface area contributed by atoms with E-state index in [-0.39, 0.29) is 25.0 Å². The van der Waals surface area contributed by atoms with Gasteiger partial charge in [-0.3, -0.25) is 9.59 Å². The number of hydrogen-bond acceptors (Lipinski definition) is 4. The molecule has 0 spiro atoms. The first-order valence-corrected chi connectivity index (χ1v) is 7.78. The molecule has 6 nitrogen and oxygen atoms in total. The van der Waals surface area contributed by atoms with Crippen molar-refractivity contribution in [3.05, 3.63) is 59.8 Å². The van der Waals surface area contributed by atoms with Crippen LogP contribution in [0.25, 0.3) is 0 Å². The van der Waals surface area contributed by atoms with E-state index in [9.17, 15) is 9.59 Å². The van der Waals surface area contributed by atoms with Gasteiger partial charge in [0.15, 0.2) is 0 Å². The lowest BCUT2D eigenvalue weighted by atomic mass is 10.1. The Labute approximate surface area is 140 Å². The molecule has 2 aromatic rings. The molecule has 24 heavy (non-hydrogen) atoms. The highest BCUT2D eigenvalue weighted by Crippen LogP contribution is 2.15. The Balaban J connectivity index is 1.75. The molecule has 2 heterocycles. The second kappa shape index (κ2) is 7.23. The molecule has 1 atom stereocenters. The third-order valence-electron chi connectivity index (χ3n) is 3.86. The molecule has 0 saturated carbocycles. The lowest BCUT2D eigenvalue weighted by Crippen LogP contribution is -2.54. The Morgan fingerprint density at radius 3 is 2.88 bits per heavy atom. The van der Waals surface area contributed by atoms with Gasteiger partial charge in [-0.15, -0.1) is 0 Å². The molecule has 1 aliphatic rings. The number of morpholine rings is 1. The normalized spacial score (nSPS) is 17.6. The fourth-order valence-electron chi connectivity index (χ4n) is 2.61. The van der Waals surface area contributed by atoms with Crippen LogP contribution < -0.4 is 5.32 Å². The zero-order chi connectivity index (χ0) is 16.9. The number of carbonyl (C=O) groups excluding carboxylic acids is 2. The van der Waals surface area contributed by atoms with Crippen LogP contribution >= 0.6 is 0 Å². The smallest absolute Gasteiger partial charge is 0.250 e. The minimum atomic E-state index is -0.672. The molecule has 0 bridgehead atoms. The first-order valence-electron chi connectivity index (χ1n) is 7.78.